The van der Waals surface area contributed by atoms with Gasteiger partial charge >= 0.3 is 0 Å². The van der Waals surface area contributed by atoms with Crippen LogP contribution in [0, 0.1) is 11.3 Å². The zero-order valence-corrected chi connectivity index (χ0v) is 14.0. The number of allylic oxidation sites excluding steroid dienone is 2. The predicted molar refractivity (Wildman–Crippen MR) is 89.8 cm³/mol. The lowest BCUT2D eigenvalue weighted by atomic mass is 9.70. The lowest BCUT2D eigenvalue weighted by Crippen LogP contribution is -2.34. The second-order valence-electron chi connectivity index (χ2n) is 7.51. The minimum absolute atomic E-state index is 0.237. The van der Waals surface area contributed by atoms with Crippen molar-refractivity contribution in [3.05, 3.63) is 46.4 Å². The normalized spacial score (nSPS) is 32.9. The van der Waals surface area contributed by atoms with Crippen molar-refractivity contribution in [2.45, 2.75) is 58.1 Å². The molecule has 0 bridgehead atoms. The molecule has 108 valence electrons. The van der Waals surface area contributed by atoms with Crippen LogP contribution in [0.4, 0.5) is 0 Å². The Labute approximate surface area is 128 Å². The summed E-state index contributed by atoms with van der Waals surface area (Å²) in [4.78, 5) is 1.70. The van der Waals surface area contributed by atoms with E-state index in [1.807, 2.05) is 0 Å². The lowest BCUT2D eigenvalue weighted by Gasteiger charge is -2.47. The number of rotatable bonds is 1. The van der Waals surface area contributed by atoms with E-state index in [0.717, 1.165) is 5.92 Å². The van der Waals surface area contributed by atoms with Gasteiger partial charge in [-0.2, -0.15) is 0 Å². The van der Waals surface area contributed by atoms with E-state index in [0.29, 0.717) is 5.41 Å². The molecule has 20 heavy (non-hydrogen) atoms. The third kappa shape index (κ3) is 2.45. The monoisotopic (exact) mass is 286 g/mol. The fourth-order valence-corrected chi connectivity index (χ4v) is 6.20. The highest BCUT2D eigenvalue weighted by molar-refractivity contribution is 8.04. The first-order valence-electron chi connectivity index (χ1n) is 7.88. The molecule has 0 amide bonds. The van der Waals surface area contributed by atoms with Gasteiger partial charge in [0.1, 0.15) is 0 Å². The Morgan fingerprint density at radius 2 is 1.80 bits per heavy atom. The summed E-state index contributed by atoms with van der Waals surface area (Å²) in [6.07, 6.45) is 5.25. The maximum Gasteiger partial charge on any atom is 0.0432 e. The highest BCUT2D eigenvalue weighted by atomic mass is 32.2. The summed E-state index contributed by atoms with van der Waals surface area (Å²) in [6.45, 7) is 9.77. The van der Waals surface area contributed by atoms with Gasteiger partial charge in [0.2, 0.25) is 0 Å². The quantitative estimate of drug-likeness (QED) is 0.597. The van der Waals surface area contributed by atoms with Crippen molar-refractivity contribution in [1.82, 2.24) is 0 Å². The molecule has 0 spiro atoms. The van der Waals surface area contributed by atoms with E-state index in [9.17, 15) is 0 Å². The molecule has 0 fully saturated rings. The highest BCUT2D eigenvalue weighted by Gasteiger charge is 2.44. The zero-order chi connectivity index (χ0) is 14.4. The Morgan fingerprint density at radius 1 is 1.10 bits per heavy atom. The molecule has 0 N–H and O–H groups in total. The van der Waals surface area contributed by atoms with Gasteiger partial charge in [-0.15, -0.1) is 11.8 Å². The van der Waals surface area contributed by atoms with Crippen molar-refractivity contribution in [2.24, 2.45) is 11.3 Å². The first kappa shape index (κ1) is 14.3. The third-order valence-corrected chi connectivity index (χ3v) is 6.58. The van der Waals surface area contributed by atoms with Crippen LogP contribution in [0.2, 0.25) is 0 Å². The largest absolute Gasteiger partial charge is 0.119 e. The summed E-state index contributed by atoms with van der Waals surface area (Å²) in [5.41, 5.74) is 3.60. The summed E-state index contributed by atoms with van der Waals surface area (Å²) in [7, 11) is 0. The zero-order valence-electron chi connectivity index (χ0n) is 13.2. The molecular formula is C19H26S. The Bertz CT molecular complexity index is 526. The summed E-state index contributed by atoms with van der Waals surface area (Å²) < 4.78 is 0.237. The van der Waals surface area contributed by atoms with Gasteiger partial charge in [0.15, 0.2) is 0 Å². The number of thioether (sulfide) groups is 1. The molecule has 0 nitrogen and oxygen atoms in total. The van der Waals surface area contributed by atoms with Gasteiger partial charge < -0.3 is 0 Å². The van der Waals surface area contributed by atoms with Crippen LogP contribution in [-0.2, 0) is 4.75 Å². The summed E-state index contributed by atoms with van der Waals surface area (Å²) in [5.74, 6) is 0.857. The Morgan fingerprint density at radius 3 is 2.50 bits per heavy atom. The van der Waals surface area contributed by atoms with Crippen molar-refractivity contribution in [1.29, 1.82) is 0 Å². The molecule has 1 aliphatic carbocycles. The molecule has 1 aromatic carbocycles. The average Bonchev–Trinajstić information content (AvgIpc) is 2.38. The van der Waals surface area contributed by atoms with Gasteiger partial charge in [-0.3, -0.25) is 0 Å². The number of hydrogen-bond acceptors (Lipinski definition) is 1. The second kappa shape index (κ2) is 4.94. The van der Waals surface area contributed by atoms with Crippen LogP contribution in [0.5, 0.6) is 0 Å². The topological polar surface area (TPSA) is 0 Å². The molecule has 2 atom stereocenters. The van der Waals surface area contributed by atoms with E-state index < -0.39 is 0 Å². The van der Waals surface area contributed by atoms with Gasteiger partial charge in [0.25, 0.3) is 0 Å². The average molecular weight is 286 g/mol. The van der Waals surface area contributed by atoms with Crippen LogP contribution >= 0.6 is 11.8 Å². The predicted octanol–water partition coefficient (Wildman–Crippen LogP) is 6.14. The summed E-state index contributed by atoms with van der Waals surface area (Å²) in [5, 5.41) is 0. The molecule has 0 saturated heterocycles. The highest BCUT2D eigenvalue weighted by Crippen LogP contribution is 2.60. The number of hydrogen-bond donors (Lipinski definition) is 0. The molecule has 0 unspecified atom stereocenters. The summed E-state index contributed by atoms with van der Waals surface area (Å²) in [6, 6.07) is 11.1. The van der Waals surface area contributed by atoms with Crippen LogP contribution < -0.4 is 0 Å². The van der Waals surface area contributed by atoms with Crippen molar-refractivity contribution >= 4 is 11.8 Å². The minimum atomic E-state index is 0.237. The molecule has 1 heterocycles. The first-order chi connectivity index (χ1) is 9.41. The van der Waals surface area contributed by atoms with E-state index in [4.69, 9.17) is 0 Å². The summed E-state index contributed by atoms with van der Waals surface area (Å²) >= 11 is 2.16. The van der Waals surface area contributed by atoms with E-state index in [2.05, 4.69) is 69.8 Å². The van der Waals surface area contributed by atoms with Crippen molar-refractivity contribution in [3.8, 4) is 0 Å². The van der Waals surface area contributed by atoms with Gasteiger partial charge in [0.05, 0.1) is 0 Å². The molecule has 1 aliphatic heterocycles. The van der Waals surface area contributed by atoms with Gasteiger partial charge in [-0.05, 0) is 54.4 Å². The fraction of sp³-hybridized carbons (Fsp3) is 0.579. The van der Waals surface area contributed by atoms with Crippen molar-refractivity contribution in [2.75, 3.05) is 0 Å². The maximum atomic E-state index is 2.46. The fourth-order valence-electron chi connectivity index (χ4n) is 4.10. The minimum Gasteiger partial charge on any atom is -0.119 e. The smallest absolute Gasteiger partial charge is 0.0432 e. The van der Waals surface area contributed by atoms with Gasteiger partial charge in [-0.1, -0.05) is 56.7 Å². The van der Waals surface area contributed by atoms with E-state index in [-0.39, 0.29) is 4.75 Å². The van der Waals surface area contributed by atoms with Crippen LogP contribution in [0.3, 0.4) is 0 Å². The van der Waals surface area contributed by atoms with E-state index >= 15 is 0 Å². The number of benzene rings is 1. The van der Waals surface area contributed by atoms with Gasteiger partial charge in [0, 0.05) is 4.75 Å². The standard InChI is InChI=1S/C19H26S/c1-14-10-11-16-17(12-14)20-19(4,13-18(16,2)3)15-8-6-5-7-9-15/h5-9,14H,10-13H2,1-4H3/t14-,19-/m1/s1. The van der Waals surface area contributed by atoms with Gasteiger partial charge in [-0.25, -0.2) is 0 Å². The van der Waals surface area contributed by atoms with E-state index in [1.165, 1.54) is 31.2 Å². The SMILES string of the molecule is C[C@@H]1CCC2=C(C1)S[C@@](C)(c1ccccc1)CC2(C)C. The lowest BCUT2D eigenvalue weighted by molar-refractivity contribution is 0.317. The molecule has 1 heteroatoms. The maximum absolute atomic E-state index is 2.46. The van der Waals surface area contributed by atoms with Crippen LogP contribution in [0.15, 0.2) is 40.8 Å². The molecule has 1 aromatic rings. The van der Waals surface area contributed by atoms with Crippen LogP contribution in [0.1, 0.15) is 58.9 Å². The molecule has 0 aromatic heterocycles. The molecule has 2 aliphatic rings. The Kier molecular flexibility index (Phi) is 3.52. The molecule has 0 radical (unpaired) electrons. The molecule has 0 saturated carbocycles. The first-order valence-corrected chi connectivity index (χ1v) is 8.69. The Balaban J connectivity index is 2.01. The second-order valence-corrected chi connectivity index (χ2v) is 9.11. The Hall–Kier alpha value is -0.690. The van der Waals surface area contributed by atoms with Crippen LogP contribution in [-0.4, -0.2) is 0 Å². The van der Waals surface area contributed by atoms with Crippen molar-refractivity contribution in [3.63, 3.8) is 0 Å². The van der Waals surface area contributed by atoms with Crippen molar-refractivity contribution < 1.29 is 0 Å². The molecular weight excluding hydrogens is 260 g/mol. The molecule has 3 rings (SSSR count). The third-order valence-electron chi connectivity index (χ3n) is 5.09. The van der Waals surface area contributed by atoms with Crippen LogP contribution in [0.25, 0.3) is 0 Å². The van der Waals surface area contributed by atoms with E-state index in [1.54, 1.807) is 10.5 Å².